The first-order valence-corrected chi connectivity index (χ1v) is 10.9. The van der Waals surface area contributed by atoms with Crippen molar-refractivity contribution in [2.24, 2.45) is 5.92 Å². The van der Waals surface area contributed by atoms with Gasteiger partial charge in [-0.15, -0.1) is 0 Å². The van der Waals surface area contributed by atoms with Crippen molar-refractivity contribution in [3.63, 3.8) is 0 Å². The molecule has 7 N–H and O–H groups in total. The van der Waals surface area contributed by atoms with Crippen molar-refractivity contribution >= 4 is 35.9 Å². The van der Waals surface area contributed by atoms with Gasteiger partial charge in [0.15, 0.2) is 0 Å². The van der Waals surface area contributed by atoms with E-state index in [-0.39, 0.29) is 25.6 Å². The number of aliphatic hydroxyl groups is 1. The summed E-state index contributed by atoms with van der Waals surface area (Å²) in [7, 11) is 0. The van der Waals surface area contributed by atoms with Crippen LogP contribution in [0.15, 0.2) is 0 Å². The van der Waals surface area contributed by atoms with Crippen molar-refractivity contribution in [1.29, 1.82) is 0 Å². The van der Waals surface area contributed by atoms with Crippen LogP contribution in [0.25, 0.3) is 0 Å². The molecule has 0 fully saturated rings. The Kier molecular flexibility index (Phi) is 12.8. The second-order valence-electron chi connectivity index (χ2n) is 9.41. The third-order valence-electron chi connectivity index (χ3n) is 4.43. The topological polar surface area (TPSA) is 195 Å². The van der Waals surface area contributed by atoms with Gasteiger partial charge in [0, 0.05) is 0 Å². The van der Waals surface area contributed by atoms with E-state index in [0.717, 1.165) is 0 Å². The van der Waals surface area contributed by atoms with Crippen LogP contribution in [0.2, 0.25) is 0 Å². The molecular formula is C21H38N6O7. The lowest BCUT2D eigenvalue weighted by atomic mass is 10.0. The second-order valence-corrected chi connectivity index (χ2v) is 9.41. The lowest BCUT2D eigenvalue weighted by molar-refractivity contribution is -0.134. The van der Waals surface area contributed by atoms with Crippen LogP contribution in [0.5, 0.6) is 0 Å². The van der Waals surface area contributed by atoms with E-state index < -0.39 is 53.2 Å². The van der Waals surface area contributed by atoms with Crippen LogP contribution in [-0.2, 0) is 28.8 Å². The zero-order chi connectivity index (χ0) is 26.5. The maximum absolute atomic E-state index is 12.5. The summed E-state index contributed by atoms with van der Waals surface area (Å²) in [5, 5.41) is 23.7. The molecule has 0 aliphatic rings. The Morgan fingerprint density at radius 3 is 1.94 bits per heavy atom. The van der Waals surface area contributed by atoms with E-state index in [0.29, 0.717) is 12.8 Å². The number of hydrogen-bond acceptors (Lipinski definition) is 7. The number of hydrogen-bond donors (Lipinski definition) is 7. The maximum Gasteiger partial charge on any atom is 0.245 e. The third-order valence-corrected chi connectivity index (χ3v) is 4.43. The van der Waals surface area contributed by atoms with Crippen LogP contribution >= 0.6 is 0 Å². The van der Waals surface area contributed by atoms with Crippen molar-refractivity contribution in [3.05, 3.63) is 0 Å². The second kappa shape index (κ2) is 14.1. The molecule has 194 valence electrons. The van der Waals surface area contributed by atoms with Gasteiger partial charge >= 0.3 is 0 Å². The molecule has 0 rings (SSSR count). The molecule has 0 aromatic rings. The minimum absolute atomic E-state index is 0.0617. The molecule has 13 nitrogen and oxygen atoms in total. The van der Waals surface area contributed by atoms with Gasteiger partial charge in [-0.25, -0.2) is 0 Å². The van der Waals surface area contributed by atoms with Gasteiger partial charge in [0.25, 0.3) is 0 Å². The largest absolute Gasteiger partial charge is 0.394 e. The fourth-order valence-electron chi connectivity index (χ4n) is 2.67. The Balaban J connectivity index is 4.76. The van der Waals surface area contributed by atoms with Crippen LogP contribution in [0, 0.1) is 5.92 Å². The number of carbonyl (C=O) groups excluding carboxylic acids is 6. The van der Waals surface area contributed by atoms with E-state index in [4.69, 9.17) is 0 Å². The molecule has 0 heterocycles. The monoisotopic (exact) mass is 486 g/mol. The number of nitrogens with one attached hydrogen (secondary N) is 6. The smallest absolute Gasteiger partial charge is 0.245 e. The molecule has 0 aromatic carbocycles. The highest BCUT2D eigenvalue weighted by Crippen LogP contribution is 2.05. The van der Waals surface area contributed by atoms with Crippen molar-refractivity contribution < 1.29 is 33.9 Å². The van der Waals surface area contributed by atoms with Gasteiger partial charge in [-0.1, -0.05) is 13.8 Å². The molecule has 13 heteroatoms. The molecule has 1 atom stereocenters. The van der Waals surface area contributed by atoms with Gasteiger partial charge in [-0.05, 0) is 40.0 Å². The number of aliphatic hydroxyl groups excluding tert-OH is 1. The van der Waals surface area contributed by atoms with Gasteiger partial charge < -0.3 is 37.0 Å². The standard InChI is InChI=1S/C21H38N6O7/c1-13(2)7-14(25-15(30)8-22-12-29)18(33)23-9-17(32)27-21(5,6)19(34)24-10-16(31)26-20(3,4)11-28/h12-14,28H,7-11H2,1-6H3,(H,22,29)(H,23,33)(H,24,34)(H,25,30)(H,26,31)(H,27,32). The summed E-state index contributed by atoms with van der Waals surface area (Å²) in [5.74, 6) is -2.88. The van der Waals surface area contributed by atoms with Gasteiger partial charge in [-0.2, -0.15) is 0 Å². The summed E-state index contributed by atoms with van der Waals surface area (Å²) in [4.78, 5) is 71.2. The zero-order valence-electron chi connectivity index (χ0n) is 20.7. The van der Waals surface area contributed by atoms with Crippen molar-refractivity contribution in [2.75, 3.05) is 26.2 Å². The van der Waals surface area contributed by atoms with E-state index in [1.807, 2.05) is 13.8 Å². The zero-order valence-corrected chi connectivity index (χ0v) is 20.7. The lowest BCUT2D eigenvalue weighted by Gasteiger charge is -2.27. The van der Waals surface area contributed by atoms with E-state index in [9.17, 15) is 33.9 Å². The first-order chi connectivity index (χ1) is 15.6. The SMILES string of the molecule is CC(C)CC(NC(=O)CNC=O)C(=O)NCC(=O)NC(C)(C)C(=O)NCC(=O)NC(C)(C)CO. The van der Waals surface area contributed by atoms with Gasteiger partial charge in [-0.3, -0.25) is 28.8 Å². The molecule has 0 aliphatic heterocycles. The Morgan fingerprint density at radius 2 is 1.41 bits per heavy atom. The molecule has 0 spiro atoms. The van der Waals surface area contributed by atoms with Crippen molar-refractivity contribution in [2.45, 2.75) is 65.1 Å². The molecule has 0 aliphatic carbocycles. The number of amides is 6. The highest BCUT2D eigenvalue weighted by Gasteiger charge is 2.30. The predicted octanol–water partition coefficient (Wildman–Crippen LogP) is -2.72. The van der Waals surface area contributed by atoms with E-state index in [1.54, 1.807) is 13.8 Å². The molecule has 0 saturated carbocycles. The minimum Gasteiger partial charge on any atom is -0.394 e. The molecule has 34 heavy (non-hydrogen) atoms. The third kappa shape index (κ3) is 12.7. The van der Waals surface area contributed by atoms with Crippen LogP contribution in [0.3, 0.4) is 0 Å². The molecule has 6 amide bonds. The number of carbonyl (C=O) groups is 6. The first-order valence-electron chi connectivity index (χ1n) is 10.9. The van der Waals surface area contributed by atoms with Crippen LogP contribution in [-0.4, -0.2) is 84.4 Å². The fourth-order valence-corrected chi connectivity index (χ4v) is 2.67. The summed E-state index contributed by atoms with van der Waals surface area (Å²) >= 11 is 0. The van der Waals surface area contributed by atoms with Crippen molar-refractivity contribution in [3.8, 4) is 0 Å². The minimum atomic E-state index is -1.39. The quantitative estimate of drug-likeness (QED) is 0.122. The normalized spacial score (nSPS) is 12.2. The summed E-state index contributed by atoms with van der Waals surface area (Å²) in [6, 6.07) is -0.910. The van der Waals surface area contributed by atoms with E-state index in [1.165, 1.54) is 13.8 Å². The van der Waals surface area contributed by atoms with Crippen molar-refractivity contribution in [1.82, 2.24) is 31.9 Å². The van der Waals surface area contributed by atoms with E-state index >= 15 is 0 Å². The molecular weight excluding hydrogens is 448 g/mol. The summed E-state index contributed by atoms with van der Waals surface area (Å²) < 4.78 is 0. The summed E-state index contributed by atoms with van der Waals surface area (Å²) in [6.45, 7) is 8.44. The molecule has 0 aromatic heterocycles. The predicted molar refractivity (Wildman–Crippen MR) is 123 cm³/mol. The Labute approximate surface area is 199 Å². The fraction of sp³-hybridized carbons (Fsp3) is 0.714. The highest BCUT2D eigenvalue weighted by molar-refractivity contribution is 5.95. The van der Waals surface area contributed by atoms with Crippen LogP contribution < -0.4 is 31.9 Å². The molecule has 1 unspecified atom stereocenters. The Hall–Kier alpha value is -3.22. The average molecular weight is 487 g/mol. The Bertz CT molecular complexity index is 752. The maximum atomic E-state index is 12.5. The molecule has 0 saturated heterocycles. The van der Waals surface area contributed by atoms with Gasteiger partial charge in [0.1, 0.15) is 11.6 Å². The molecule has 0 bridgehead atoms. The van der Waals surface area contributed by atoms with Gasteiger partial charge in [0.2, 0.25) is 35.9 Å². The first kappa shape index (κ1) is 30.8. The summed E-state index contributed by atoms with van der Waals surface area (Å²) in [6.07, 6.45) is 0.672. The highest BCUT2D eigenvalue weighted by atomic mass is 16.3. The van der Waals surface area contributed by atoms with Crippen LogP contribution in [0.4, 0.5) is 0 Å². The van der Waals surface area contributed by atoms with E-state index in [2.05, 4.69) is 31.9 Å². The lowest BCUT2D eigenvalue weighted by Crippen LogP contribution is -2.59. The van der Waals surface area contributed by atoms with Gasteiger partial charge in [0.05, 0.1) is 31.8 Å². The summed E-state index contributed by atoms with van der Waals surface area (Å²) in [5.41, 5.74) is -2.23. The average Bonchev–Trinajstić information content (AvgIpc) is 2.72. The van der Waals surface area contributed by atoms with Crippen LogP contribution in [0.1, 0.15) is 48.0 Å². The Morgan fingerprint density at radius 1 is 0.853 bits per heavy atom. The number of rotatable bonds is 15. The molecule has 0 radical (unpaired) electrons.